The van der Waals surface area contributed by atoms with Gasteiger partial charge in [0, 0.05) is 0 Å². The second-order valence-corrected chi connectivity index (χ2v) is 7.05. The highest BCUT2D eigenvalue weighted by Crippen LogP contribution is 2.34. The predicted octanol–water partition coefficient (Wildman–Crippen LogP) is 2.42. The van der Waals surface area contributed by atoms with Crippen LogP contribution in [0.3, 0.4) is 0 Å². The Hall–Kier alpha value is -1.65. The molecule has 1 aromatic heterocycles. The Morgan fingerprint density at radius 2 is 1.91 bits per heavy atom. The number of nitrogens with one attached hydrogen (secondary N) is 1. The van der Waals surface area contributed by atoms with Gasteiger partial charge in [0.1, 0.15) is 11.5 Å². The summed E-state index contributed by atoms with van der Waals surface area (Å²) in [4.78, 5) is 12.1. The molecule has 126 valence electrons. The first-order valence-corrected chi connectivity index (χ1v) is 8.60. The molecule has 7 nitrogen and oxygen atoms in total. The van der Waals surface area contributed by atoms with Crippen LogP contribution in [0, 0.1) is 6.92 Å². The lowest BCUT2D eigenvalue weighted by Gasteiger charge is -2.11. The number of benzene rings is 1. The fourth-order valence-corrected chi connectivity index (χ4v) is 3.06. The van der Waals surface area contributed by atoms with Gasteiger partial charge in [0.2, 0.25) is 10.0 Å². The Kier molecular flexibility index (Phi) is 4.69. The topological polar surface area (TPSA) is 86.0 Å². The van der Waals surface area contributed by atoms with Crippen LogP contribution >= 0.6 is 23.2 Å². The number of nitrogens with zero attached hydrogens (tertiary/aromatic N) is 3. The summed E-state index contributed by atoms with van der Waals surface area (Å²) < 4.78 is 51.3. The lowest BCUT2D eigenvalue weighted by atomic mass is 10.3. The minimum atomic E-state index is -3.65. The summed E-state index contributed by atoms with van der Waals surface area (Å²) in [6.07, 6.45) is 0.902. The Labute approximate surface area is 139 Å². The number of hydrogen-bond acceptors (Lipinski definition) is 4. The van der Waals surface area contributed by atoms with Gasteiger partial charge in [0.15, 0.2) is 0 Å². The molecule has 0 spiro atoms. The number of alkyl halides is 2. The lowest BCUT2D eigenvalue weighted by Crippen LogP contribution is -2.25. The van der Waals surface area contributed by atoms with Gasteiger partial charge in [0.25, 0.3) is 0 Å². The molecule has 0 saturated carbocycles. The van der Waals surface area contributed by atoms with Gasteiger partial charge in [0.05, 0.1) is 22.0 Å². The number of anilines is 1. The maximum absolute atomic E-state index is 12.9. The molecule has 0 saturated heterocycles. The van der Waals surface area contributed by atoms with Crippen LogP contribution < -0.4 is 10.4 Å². The van der Waals surface area contributed by atoms with Gasteiger partial charge in [-0.2, -0.15) is 13.5 Å². The predicted molar refractivity (Wildman–Crippen MR) is 82.3 cm³/mol. The molecular formula is C11H10Cl2F2N4O3S. The monoisotopic (exact) mass is 386 g/mol. The van der Waals surface area contributed by atoms with E-state index < -0.39 is 22.3 Å². The van der Waals surface area contributed by atoms with Crippen LogP contribution in [-0.4, -0.2) is 29.0 Å². The van der Waals surface area contributed by atoms with Crippen molar-refractivity contribution in [1.82, 2.24) is 14.3 Å². The molecule has 0 aliphatic heterocycles. The van der Waals surface area contributed by atoms with E-state index in [4.69, 9.17) is 23.2 Å². The third-order valence-corrected chi connectivity index (χ3v) is 4.03. The molecule has 0 unspecified atom stereocenters. The molecule has 2 aromatic rings. The van der Waals surface area contributed by atoms with Gasteiger partial charge >= 0.3 is 12.2 Å². The van der Waals surface area contributed by atoms with Crippen molar-refractivity contribution in [3.8, 4) is 5.69 Å². The zero-order valence-electron chi connectivity index (χ0n) is 11.7. The van der Waals surface area contributed by atoms with Gasteiger partial charge in [-0.05, 0) is 19.1 Å². The van der Waals surface area contributed by atoms with Crippen molar-refractivity contribution < 1.29 is 17.2 Å². The fraction of sp³-hybridized carbons (Fsp3) is 0.273. The van der Waals surface area contributed by atoms with Crippen LogP contribution in [0.25, 0.3) is 5.69 Å². The molecule has 0 amide bonds. The normalized spacial score (nSPS) is 12.0. The van der Waals surface area contributed by atoms with Crippen molar-refractivity contribution in [2.75, 3.05) is 11.0 Å². The Bertz CT molecular complexity index is 924. The minimum absolute atomic E-state index is 0.0601. The molecule has 0 radical (unpaired) electrons. The van der Waals surface area contributed by atoms with Crippen molar-refractivity contribution in [3.05, 3.63) is 38.5 Å². The number of aryl methyl sites for hydroxylation is 1. The maximum Gasteiger partial charge on any atom is 0.355 e. The first-order chi connectivity index (χ1) is 10.5. The Balaban J connectivity index is 2.72. The Morgan fingerprint density at radius 1 is 1.30 bits per heavy atom. The highest BCUT2D eigenvalue weighted by Gasteiger charge is 2.23. The van der Waals surface area contributed by atoms with Gasteiger partial charge in [-0.1, -0.05) is 23.2 Å². The number of rotatable bonds is 4. The van der Waals surface area contributed by atoms with Crippen molar-refractivity contribution in [1.29, 1.82) is 0 Å². The van der Waals surface area contributed by atoms with E-state index in [9.17, 15) is 22.0 Å². The average molecular weight is 387 g/mol. The quantitative estimate of drug-likeness (QED) is 0.873. The van der Waals surface area contributed by atoms with E-state index in [1.54, 1.807) is 0 Å². The highest BCUT2D eigenvalue weighted by molar-refractivity contribution is 7.92. The van der Waals surface area contributed by atoms with Crippen LogP contribution in [0.1, 0.15) is 12.4 Å². The van der Waals surface area contributed by atoms with E-state index in [-0.39, 0.29) is 31.8 Å². The summed E-state index contributed by atoms with van der Waals surface area (Å²) >= 11 is 12.0. The molecular weight excluding hydrogens is 377 g/mol. The molecule has 0 aliphatic rings. The zero-order valence-corrected chi connectivity index (χ0v) is 14.0. The molecule has 1 N–H and O–H groups in total. The summed E-state index contributed by atoms with van der Waals surface area (Å²) in [6.45, 7) is -1.88. The summed E-state index contributed by atoms with van der Waals surface area (Å²) in [6, 6.07) is 2.54. The third kappa shape index (κ3) is 3.48. The van der Waals surface area contributed by atoms with Gasteiger partial charge < -0.3 is 0 Å². The molecule has 1 aromatic carbocycles. The standard InChI is InChI=1S/C11H10Cl2F2N4O3S/c1-5-16-19(11(20)18(5)10(14)15)9-6(12)3-4-7(8(9)13)17-23(2,21)22/h3-4,10,17H,1-2H3. The second-order valence-electron chi connectivity index (χ2n) is 4.52. The van der Waals surface area contributed by atoms with E-state index in [1.165, 1.54) is 19.1 Å². The highest BCUT2D eigenvalue weighted by atomic mass is 35.5. The van der Waals surface area contributed by atoms with Gasteiger partial charge in [-0.15, -0.1) is 5.10 Å². The van der Waals surface area contributed by atoms with E-state index in [0.717, 1.165) is 6.26 Å². The van der Waals surface area contributed by atoms with Gasteiger partial charge in [-0.25, -0.2) is 17.8 Å². The number of sulfonamides is 1. The van der Waals surface area contributed by atoms with Crippen LogP contribution in [0.15, 0.2) is 16.9 Å². The van der Waals surface area contributed by atoms with Crippen LogP contribution in [0.5, 0.6) is 0 Å². The molecule has 0 bridgehead atoms. The molecule has 1 heterocycles. The van der Waals surface area contributed by atoms with Crippen molar-refractivity contribution >= 4 is 38.9 Å². The molecule has 2 rings (SSSR count). The van der Waals surface area contributed by atoms with E-state index in [1.807, 2.05) is 0 Å². The van der Waals surface area contributed by atoms with Crippen LogP contribution in [0.2, 0.25) is 10.0 Å². The fourth-order valence-electron chi connectivity index (χ4n) is 1.86. The number of halogens is 4. The summed E-state index contributed by atoms with van der Waals surface area (Å²) in [5, 5.41) is 3.40. The van der Waals surface area contributed by atoms with Crippen LogP contribution in [-0.2, 0) is 10.0 Å². The third-order valence-electron chi connectivity index (χ3n) is 2.75. The molecule has 0 atom stereocenters. The number of hydrogen-bond donors (Lipinski definition) is 1. The van der Waals surface area contributed by atoms with Crippen molar-refractivity contribution in [2.24, 2.45) is 0 Å². The smallest absolute Gasteiger partial charge is 0.282 e. The molecule has 0 fully saturated rings. The van der Waals surface area contributed by atoms with Gasteiger partial charge in [-0.3, -0.25) is 4.72 Å². The lowest BCUT2D eigenvalue weighted by molar-refractivity contribution is 0.0640. The minimum Gasteiger partial charge on any atom is -0.282 e. The first kappa shape index (κ1) is 17.7. The Morgan fingerprint density at radius 3 is 2.39 bits per heavy atom. The van der Waals surface area contributed by atoms with E-state index >= 15 is 0 Å². The van der Waals surface area contributed by atoms with E-state index in [0.29, 0.717) is 4.68 Å². The first-order valence-electron chi connectivity index (χ1n) is 5.95. The molecule has 12 heteroatoms. The zero-order chi connectivity index (χ0) is 17.5. The summed E-state index contributed by atoms with van der Waals surface area (Å²) in [7, 11) is -3.65. The van der Waals surface area contributed by atoms with Crippen molar-refractivity contribution in [2.45, 2.75) is 13.5 Å². The molecule has 23 heavy (non-hydrogen) atoms. The SMILES string of the molecule is Cc1nn(-c2c(Cl)ccc(NS(C)(=O)=O)c2Cl)c(=O)n1C(F)F. The van der Waals surface area contributed by atoms with Crippen LogP contribution in [0.4, 0.5) is 14.5 Å². The number of aromatic nitrogens is 3. The molecule has 0 aliphatic carbocycles. The van der Waals surface area contributed by atoms with E-state index in [2.05, 4.69) is 9.82 Å². The largest absolute Gasteiger partial charge is 0.355 e. The second kappa shape index (κ2) is 6.10. The maximum atomic E-state index is 12.9. The average Bonchev–Trinajstić information content (AvgIpc) is 2.67. The van der Waals surface area contributed by atoms with Crippen molar-refractivity contribution in [3.63, 3.8) is 0 Å². The summed E-state index contributed by atoms with van der Waals surface area (Å²) in [5.41, 5.74) is -1.42. The summed E-state index contributed by atoms with van der Waals surface area (Å²) in [5.74, 6) is -0.251.